The topological polar surface area (TPSA) is 53.4 Å². The van der Waals surface area contributed by atoms with Crippen LogP contribution in [0.3, 0.4) is 0 Å². The monoisotopic (exact) mass is 534 g/mol. The third kappa shape index (κ3) is 5.09. The zero-order valence-corrected chi connectivity index (χ0v) is 22.5. The highest BCUT2D eigenvalue weighted by atomic mass is 19.1. The molecule has 1 heterocycles. The zero-order chi connectivity index (χ0) is 27.5. The summed E-state index contributed by atoms with van der Waals surface area (Å²) in [6, 6.07) is 28.8. The Morgan fingerprint density at radius 3 is 2.45 bits per heavy atom. The lowest BCUT2D eigenvalue weighted by molar-refractivity contribution is 0.0601. The lowest BCUT2D eigenvalue weighted by Gasteiger charge is -2.25. The van der Waals surface area contributed by atoms with Crippen molar-refractivity contribution in [3.05, 3.63) is 108 Å². The highest BCUT2D eigenvalue weighted by molar-refractivity contribution is 5.94. The summed E-state index contributed by atoms with van der Waals surface area (Å²) in [7, 11) is 1.36. The van der Waals surface area contributed by atoms with Gasteiger partial charge in [0.25, 0.3) is 0 Å². The minimum Gasteiger partial charge on any atom is -0.489 e. The van der Waals surface area contributed by atoms with Crippen LogP contribution in [-0.2, 0) is 11.3 Å². The molecule has 1 saturated carbocycles. The van der Waals surface area contributed by atoms with Crippen LogP contribution < -0.4 is 4.74 Å². The molecule has 0 saturated heterocycles. The van der Waals surface area contributed by atoms with Crippen LogP contribution in [0.5, 0.6) is 5.75 Å². The van der Waals surface area contributed by atoms with Gasteiger partial charge >= 0.3 is 5.97 Å². The standard InChI is InChI=1S/C34H31FN2O3/c1-39-34(38)24-16-19-32-31(20-24)36-33(37(32)26-13-6-3-7-14-26)29-18-17-27(21-30(29)35)40-22-25-12-8-9-15-28(25)23-10-4-2-5-11-23/h2,4-5,8-12,15-21,26H,3,6-7,13-14,22H2,1H3. The van der Waals surface area contributed by atoms with Crippen molar-refractivity contribution in [1.82, 2.24) is 9.55 Å². The quantitative estimate of drug-likeness (QED) is 0.197. The Labute approximate surface area is 233 Å². The van der Waals surface area contributed by atoms with E-state index >= 15 is 4.39 Å². The number of imidazole rings is 1. The first kappa shape index (κ1) is 25.8. The van der Waals surface area contributed by atoms with Crippen LogP contribution in [0.15, 0.2) is 91.0 Å². The van der Waals surface area contributed by atoms with Gasteiger partial charge in [0, 0.05) is 12.1 Å². The summed E-state index contributed by atoms with van der Waals surface area (Å²) >= 11 is 0. The average Bonchev–Trinajstić information content (AvgIpc) is 3.39. The number of carbonyl (C=O) groups is 1. The van der Waals surface area contributed by atoms with Gasteiger partial charge in [-0.2, -0.15) is 0 Å². The molecule has 0 aliphatic heterocycles. The fourth-order valence-corrected chi connectivity index (χ4v) is 5.72. The maximum absolute atomic E-state index is 15.7. The molecule has 6 heteroatoms. The number of methoxy groups -OCH3 is 1. The van der Waals surface area contributed by atoms with Gasteiger partial charge in [-0.05, 0) is 59.9 Å². The van der Waals surface area contributed by atoms with E-state index in [1.165, 1.54) is 19.6 Å². The van der Waals surface area contributed by atoms with Crippen molar-refractivity contribution in [3.63, 3.8) is 0 Å². The first-order valence-corrected chi connectivity index (χ1v) is 13.8. The van der Waals surface area contributed by atoms with Crippen LogP contribution in [0, 0.1) is 5.82 Å². The van der Waals surface area contributed by atoms with Crippen molar-refractivity contribution in [2.24, 2.45) is 0 Å². The lowest BCUT2D eigenvalue weighted by atomic mass is 9.94. The predicted octanol–water partition coefficient (Wildman–Crippen LogP) is 8.38. The van der Waals surface area contributed by atoms with Gasteiger partial charge in [-0.1, -0.05) is 73.9 Å². The zero-order valence-electron chi connectivity index (χ0n) is 22.5. The average molecular weight is 535 g/mol. The first-order valence-electron chi connectivity index (χ1n) is 13.8. The SMILES string of the molecule is COC(=O)c1ccc2c(c1)nc(-c1ccc(OCc3ccccc3-c3ccccc3)cc1F)n2C1CCCCC1. The molecule has 40 heavy (non-hydrogen) atoms. The lowest BCUT2D eigenvalue weighted by Crippen LogP contribution is -2.14. The van der Waals surface area contributed by atoms with Gasteiger partial charge in [-0.25, -0.2) is 14.2 Å². The number of esters is 1. The second-order valence-electron chi connectivity index (χ2n) is 10.2. The molecule has 1 aromatic heterocycles. The number of nitrogens with zero attached hydrogens (tertiary/aromatic N) is 2. The van der Waals surface area contributed by atoms with Gasteiger partial charge in [0.2, 0.25) is 0 Å². The van der Waals surface area contributed by atoms with Gasteiger partial charge in [0.1, 0.15) is 24.0 Å². The summed E-state index contributed by atoms with van der Waals surface area (Å²) in [5.74, 6) is 0.214. The molecule has 0 spiro atoms. The molecule has 4 aromatic carbocycles. The molecule has 0 radical (unpaired) electrons. The van der Waals surface area contributed by atoms with Gasteiger partial charge in [-0.15, -0.1) is 0 Å². The van der Waals surface area contributed by atoms with E-state index in [4.69, 9.17) is 14.5 Å². The van der Waals surface area contributed by atoms with Crippen molar-refractivity contribution in [3.8, 4) is 28.3 Å². The molecule has 0 bridgehead atoms. The Morgan fingerprint density at radius 1 is 0.900 bits per heavy atom. The smallest absolute Gasteiger partial charge is 0.337 e. The van der Waals surface area contributed by atoms with E-state index in [0.29, 0.717) is 34.8 Å². The summed E-state index contributed by atoms with van der Waals surface area (Å²) in [6.07, 6.45) is 5.49. The molecule has 1 fully saturated rings. The van der Waals surface area contributed by atoms with E-state index in [-0.39, 0.29) is 6.04 Å². The Balaban J connectivity index is 1.32. The molecule has 6 rings (SSSR count). The number of carbonyl (C=O) groups excluding carboxylic acids is 1. The minimum absolute atomic E-state index is 0.225. The summed E-state index contributed by atoms with van der Waals surface area (Å²) in [5, 5.41) is 0. The van der Waals surface area contributed by atoms with Gasteiger partial charge in [0.05, 0.1) is 29.3 Å². The Kier molecular flexibility index (Phi) is 7.32. The fourth-order valence-electron chi connectivity index (χ4n) is 5.72. The molecule has 1 aliphatic rings. The Bertz CT molecular complexity index is 1660. The third-order valence-corrected chi connectivity index (χ3v) is 7.73. The number of aromatic nitrogens is 2. The van der Waals surface area contributed by atoms with E-state index in [9.17, 15) is 4.79 Å². The summed E-state index contributed by atoms with van der Waals surface area (Å²) in [4.78, 5) is 17.0. The summed E-state index contributed by atoms with van der Waals surface area (Å²) in [6.45, 7) is 0.320. The molecule has 1 aliphatic carbocycles. The summed E-state index contributed by atoms with van der Waals surface area (Å²) in [5.41, 5.74) is 5.62. The van der Waals surface area contributed by atoms with E-state index in [2.05, 4.69) is 22.8 Å². The number of fused-ring (bicyclic) bond motifs is 1. The molecule has 0 unspecified atom stereocenters. The molecular weight excluding hydrogens is 503 g/mol. The van der Waals surface area contributed by atoms with Gasteiger partial charge in [-0.3, -0.25) is 0 Å². The highest BCUT2D eigenvalue weighted by Crippen LogP contribution is 2.37. The van der Waals surface area contributed by atoms with Crippen molar-refractivity contribution < 1.29 is 18.7 Å². The van der Waals surface area contributed by atoms with Crippen LogP contribution in [0.25, 0.3) is 33.5 Å². The number of rotatable bonds is 7. The van der Waals surface area contributed by atoms with E-state index in [1.807, 2.05) is 42.5 Å². The van der Waals surface area contributed by atoms with Gasteiger partial charge < -0.3 is 14.0 Å². The molecule has 0 amide bonds. The van der Waals surface area contributed by atoms with Gasteiger partial charge in [0.15, 0.2) is 0 Å². The molecule has 0 atom stereocenters. The normalized spacial score (nSPS) is 13.8. The van der Waals surface area contributed by atoms with Crippen LogP contribution in [0.1, 0.15) is 54.1 Å². The molecule has 5 aromatic rings. The number of ether oxygens (including phenoxy) is 2. The number of halogens is 1. The van der Waals surface area contributed by atoms with Crippen LogP contribution in [-0.4, -0.2) is 22.6 Å². The predicted molar refractivity (Wildman–Crippen MR) is 155 cm³/mol. The number of hydrogen-bond donors (Lipinski definition) is 0. The number of hydrogen-bond acceptors (Lipinski definition) is 4. The van der Waals surface area contributed by atoms with E-state index in [1.54, 1.807) is 24.3 Å². The molecule has 202 valence electrons. The van der Waals surface area contributed by atoms with Crippen LogP contribution >= 0.6 is 0 Å². The van der Waals surface area contributed by atoms with Crippen molar-refractivity contribution >= 4 is 17.0 Å². The van der Waals surface area contributed by atoms with Crippen molar-refractivity contribution in [1.29, 1.82) is 0 Å². The highest BCUT2D eigenvalue weighted by Gasteiger charge is 2.24. The maximum Gasteiger partial charge on any atom is 0.337 e. The van der Waals surface area contributed by atoms with E-state index in [0.717, 1.165) is 47.9 Å². The third-order valence-electron chi connectivity index (χ3n) is 7.73. The fraction of sp³-hybridized carbons (Fsp3) is 0.235. The van der Waals surface area contributed by atoms with Crippen molar-refractivity contribution in [2.45, 2.75) is 44.8 Å². The number of benzene rings is 4. The maximum atomic E-state index is 15.7. The Hall–Kier alpha value is -4.45. The largest absolute Gasteiger partial charge is 0.489 e. The van der Waals surface area contributed by atoms with Crippen LogP contribution in [0.2, 0.25) is 0 Å². The summed E-state index contributed by atoms with van der Waals surface area (Å²) < 4.78 is 28.9. The molecular formula is C34H31FN2O3. The van der Waals surface area contributed by atoms with Crippen LogP contribution in [0.4, 0.5) is 4.39 Å². The molecule has 5 nitrogen and oxygen atoms in total. The Morgan fingerprint density at radius 2 is 1.68 bits per heavy atom. The molecule has 0 N–H and O–H groups in total. The van der Waals surface area contributed by atoms with Crippen molar-refractivity contribution in [2.75, 3.05) is 7.11 Å². The minimum atomic E-state index is -0.419. The second kappa shape index (κ2) is 11.3. The van der Waals surface area contributed by atoms with E-state index < -0.39 is 11.8 Å². The first-order chi connectivity index (χ1) is 19.6. The second-order valence-corrected chi connectivity index (χ2v) is 10.2.